The number of pyridine rings is 1. The Labute approximate surface area is 191 Å². The predicted octanol–water partition coefficient (Wildman–Crippen LogP) is 2.09. The highest BCUT2D eigenvalue weighted by Gasteiger charge is 2.34. The SMILES string of the molecule is COc1ncc(NC(=O)C(=O)N2C[C@@H](C)CCC2c2ccc(NC(C)=O)cc2)cc1C(N)=O. The Hall–Kier alpha value is -3.95. The van der Waals surface area contributed by atoms with Gasteiger partial charge in [-0.1, -0.05) is 19.1 Å². The van der Waals surface area contributed by atoms with Gasteiger partial charge in [0.2, 0.25) is 11.8 Å². The van der Waals surface area contributed by atoms with Gasteiger partial charge in [0.25, 0.3) is 5.91 Å². The van der Waals surface area contributed by atoms with Crippen molar-refractivity contribution < 1.29 is 23.9 Å². The maximum Gasteiger partial charge on any atom is 0.313 e. The molecule has 33 heavy (non-hydrogen) atoms. The highest BCUT2D eigenvalue weighted by atomic mass is 16.5. The number of aromatic nitrogens is 1. The highest BCUT2D eigenvalue weighted by Crippen LogP contribution is 2.34. The van der Waals surface area contributed by atoms with Crippen LogP contribution in [0.5, 0.6) is 5.88 Å². The molecule has 3 rings (SSSR count). The maximum absolute atomic E-state index is 13.1. The molecule has 1 aliphatic rings. The van der Waals surface area contributed by atoms with Crippen molar-refractivity contribution in [1.82, 2.24) is 9.88 Å². The van der Waals surface area contributed by atoms with E-state index in [-0.39, 0.29) is 35.0 Å². The van der Waals surface area contributed by atoms with Gasteiger partial charge in [-0.3, -0.25) is 19.2 Å². The first-order valence-corrected chi connectivity index (χ1v) is 10.5. The van der Waals surface area contributed by atoms with Crippen molar-refractivity contribution in [2.45, 2.75) is 32.7 Å². The third kappa shape index (κ3) is 5.65. The van der Waals surface area contributed by atoms with Crippen LogP contribution in [0.3, 0.4) is 0 Å². The summed E-state index contributed by atoms with van der Waals surface area (Å²) in [5.41, 5.74) is 7.01. The number of likely N-dealkylation sites (tertiary alicyclic amines) is 1. The molecule has 10 heteroatoms. The van der Waals surface area contributed by atoms with E-state index in [0.717, 1.165) is 12.0 Å². The lowest BCUT2D eigenvalue weighted by Crippen LogP contribution is -2.46. The summed E-state index contributed by atoms with van der Waals surface area (Å²) in [6.45, 7) is 3.89. The van der Waals surface area contributed by atoms with E-state index in [0.29, 0.717) is 18.7 Å². The first-order chi connectivity index (χ1) is 15.7. The Balaban J connectivity index is 1.79. The van der Waals surface area contributed by atoms with Crippen molar-refractivity contribution >= 4 is 35.0 Å². The average Bonchev–Trinajstić information content (AvgIpc) is 2.78. The molecule has 1 saturated heterocycles. The molecule has 2 atom stereocenters. The normalized spacial score (nSPS) is 17.7. The summed E-state index contributed by atoms with van der Waals surface area (Å²) >= 11 is 0. The van der Waals surface area contributed by atoms with Gasteiger partial charge in [0.1, 0.15) is 5.56 Å². The molecule has 4 N–H and O–H groups in total. The fourth-order valence-electron chi connectivity index (χ4n) is 3.89. The number of carbonyl (C=O) groups excluding carboxylic acids is 4. The molecule has 0 spiro atoms. The third-order valence-electron chi connectivity index (χ3n) is 5.46. The van der Waals surface area contributed by atoms with Crippen LogP contribution in [0.4, 0.5) is 11.4 Å². The van der Waals surface area contributed by atoms with E-state index in [1.54, 1.807) is 17.0 Å². The van der Waals surface area contributed by atoms with Gasteiger partial charge in [0.15, 0.2) is 0 Å². The summed E-state index contributed by atoms with van der Waals surface area (Å²) < 4.78 is 4.99. The lowest BCUT2D eigenvalue weighted by Gasteiger charge is -2.38. The minimum absolute atomic E-state index is 0.00789. The van der Waals surface area contributed by atoms with Gasteiger partial charge in [0.05, 0.1) is 25.0 Å². The van der Waals surface area contributed by atoms with Crippen LogP contribution in [0.1, 0.15) is 48.7 Å². The van der Waals surface area contributed by atoms with Gasteiger partial charge in [-0.25, -0.2) is 4.98 Å². The lowest BCUT2D eigenvalue weighted by molar-refractivity contribution is -0.146. The zero-order valence-corrected chi connectivity index (χ0v) is 18.8. The fourth-order valence-corrected chi connectivity index (χ4v) is 3.89. The summed E-state index contributed by atoms with van der Waals surface area (Å²) in [6, 6.07) is 8.27. The molecule has 1 aliphatic heterocycles. The van der Waals surface area contributed by atoms with Crippen LogP contribution in [-0.2, 0) is 14.4 Å². The quantitative estimate of drug-likeness (QED) is 0.592. The van der Waals surface area contributed by atoms with Gasteiger partial charge >= 0.3 is 11.8 Å². The summed E-state index contributed by atoms with van der Waals surface area (Å²) in [4.78, 5) is 54.3. The standard InChI is InChI=1S/C23H27N5O5/c1-13-4-9-19(15-5-7-16(8-6-15)26-14(2)29)28(12-13)23(32)21(31)27-17-10-18(20(24)30)22(33-3)25-11-17/h5-8,10-11,13,19H,4,9,12H2,1-3H3,(H2,24,30)(H,26,29)(H,27,31)/t13-,19?/m0/s1. The minimum Gasteiger partial charge on any atom is -0.480 e. The second-order valence-electron chi connectivity index (χ2n) is 8.06. The van der Waals surface area contributed by atoms with Crippen molar-refractivity contribution in [3.8, 4) is 5.88 Å². The van der Waals surface area contributed by atoms with Crippen LogP contribution in [0.25, 0.3) is 0 Å². The fraction of sp³-hybridized carbons (Fsp3) is 0.348. The lowest BCUT2D eigenvalue weighted by atomic mass is 9.89. The average molecular weight is 453 g/mol. The molecule has 1 aromatic carbocycles. The molecule has 1 unspecified atom stereocenters. The molecule has 1 fully saturated rings. The first kappa shape index (κ1) is 23.7. The van der Waals surface area contributed by atoms with Crippen LogP contribution >= 0.6 is 0 Å². The first-order valence-electron chi connectivity index (χ1n) is 10.5. The van der Waals surface area contributed by atoms with Crippen molar-refractivity contribution in [2.75, 3.05) is 24.3 Å². The number of methoxy groups -OCH3 is 1. The zero-order valence-electron chi connectivity index (χ0n) is 18.8. The molecule has 2 aromatic rings. The number of amides is 4. The van der Waals surface area contributed by atoms with Crippen molar-refractivity contribution in [3.63, 3.8) is 0 Å². The highest BCUT2D eigenvalue weighted by molar-refractivity contribution is 6.39. The molecule has 2 heterocycles. The van der Waals surface area contributed by atoms with Crippen LogP contribution in [0, 0.1) is 5.92 Å². The summed E-state index contributed by atoms with van der Waals surface area (Å²) in [7, 11) is 1.34. The molecule has 1 aromatic heterocycles. The van der Waals surface area contributed by atoms with Crippen LogP contribution in [0.15, 0.2) is 36.5 Å². The minimum atomic E-state index is -0.841. The number of carbonyl (C=O) groups is 4. The van der Waals surface area contributed by atoms with E-state index in [9.17, 15) is 19.2 Å². The molecule has 4 amide bonds. The Morgan fingerprint density at radius 1 is 1.09 bits per heavy atom. The Morgan fingerprint density at radius 2 is 1.79 bits per heavy atom. The molecule has 0 bridgehead atoms. The molecular formula is C23H27N5O5. The molecule has 10 nitrogen and oxygen atoms in total. The van der Waals surface area contributed by atoms with Gasteiger partial charge in [0, 0.05) is 19.2 Å². The third-order valence-corrected chi connectivity index (χ3v) is 5.46. The number of nitrogens with two attached hydrogens (primary N) is 1. The molecule has 174 valence electrons. The molecule has 0 saturated carbocycles. The Bertz CT molecular complexity index is 1070. The zero-order chi connectivity index (χ0) is 24.1. The molecule has 0 radical (unpaired) electrons. The summed E-state index contributed by atoms with van der Waals surface area (Å²) in [6.07, 6.45) is 2.90. The molecule has 0 aliphatic carbocycles. The predicted molar refractivity (Wildman–Crippen MR) is 122 cm³/mol. The Morgan fingerprint density at radius 3 is 2.39 bits per heavy atom. The number of rotatable bonds is 5. The monoisotopic (exact) mass is 453 g/mol. The van der Waals surface area contributed by atoms with Crippen molar-refractivity contribution in [3.05, 3.63) is 47.7 Å². The number of piperidine rings is 1. The van der Waals surface area contributed by atoms with E-state index in [2.05, 4.69) is 15.6 Å². The van der Waals surface area contributed by atoms with Crippen molar-refractivity contribution in [2.24, 2.45) is 11.7 Å². The van der Waals surface area contributed by atoms with Gasteiger partial charge in [-0.15, -0.1) is 0 Å². The smallest absolute Gasteiger partial charge is 0.313 e. The summed E-state index contributed by atoms with van der Waals surface area (Å²) in [5.74, 6) is -2.20. The van der Waals surface area contributed by atoms with E-state index >= 15 is 0 Å². The largest absolute Gasteiger partial charge is 0.480 e. The maximum atomic E-state index is 13.1. The van der Waals surface area contributed by atoms with Crippen LogP contribution < -0.4 is 21.1 Å². The number of anilines is 2. The van der Waals surface area contributed by atoms with E-state index < -0.39 is 17.7 Å². The second kappa shape index (κ2) is 10.1. The topological polar surface area (TPSA) is 144 Å². The number of ether oxygens (including phenoxy) is 1. The van der Waals surface area contributed by atoms with E-state index in [1.807, 2.05) is 19.1 Å². The van der Waals surface area contributed by atoms with Crippen molar-refractivity contribution in [1.29, 1.82) is 0 Å². The number of nitrogens with one attached hydrogen (secondary N) is 2. The van der Waals surface area contributed by atoms with Gasteiger partial charge in [-0.05, 0) is 42.5 Å². The number of nitrogens with zero attached hydrogens (tertiary/aromatic N) is 2. The second-order valence-corrected chi connectivity index (χ2v) is 8.06. The van der Waals surface area contributed by atoms with E-state index in [4.69, 9.17) is 10.5 Å². The van der Waals surface area contributed by atoms with E-state index in [1.165, 1.54) is 26.3 Å². The molecular weight excluding hydrogens is 426 g/mol. The van der Waals surface area contributed by atoms with Crippen LogP contribution in [0.2, 0.25) is 0 Å². The summed E-state index contributed by atoms with van der Waals surface area (Å²) in [5, 5.41) is 5.21. The number of hydrogen-bond acceptors (Lipinski definition) is 6. The number of benzene rings is 1. The Kier molecular flexibility index (Phi) is 7.27. The number of hydrogen-bond donors (Lipinski definition) is 3. The van der Waals surface area contributed by atoms with Crippen LogP contribution in [-0.4, -0.2) is 47.2 Å². The van der Waals surface area contributed by atoms with Gasteiger partial charge < -0.3 is 26.0 Å². The number of primary amides is 1. The van der Waals surface area contributed by atoms with Gasteiger partial charge in [-0.2, -0.15) is 0 Å².